The van der Waals surface area contributed by atoms with E-state index in [-0.39, 0.29) is 25.7 Å². The largest absolute Gasteiger partial charge is 0.472 e. The minimum atomic E-state index is -4.94. The first-order valence-electron chi connectivity index (χ1n) is 31.6. The van der Waals surface area contributed by atoms with Crippen LogP contribution in [0.2, 0.25) is 0 Å². The standard InChI is InChI=1S/C60H116O17P2/c1-6-9-12-15-18-21-24-27-33-38-43-57(62)70-49-55(76-59(64)45-40-35-28-25-22-19-16-13-10-7-2)51-74-78(66,67)72-47-54(61)48-73-79(68,69)75-52-56(50-71-58(63)44-39-34-31-30-32-37-42-53(4)5)77-60(65)46-41-36-29-26-23-20-17-14-11-8-3/h53-56,61H,6-52H2,1-5H3,(H,66,67)(H,68,69)/t54-,55-,56-/m1/s1. The summed E-state index contributed by atoms with van der Waals surface area (Å²) in [5, 5.41) is 10.5. The first-order chi connectivity index (χ1) is 38.0. The minimum Gasteiger partial charge on any atom is -0.462 e. The third kappa shape index (κ3) is 55.0. The van der Waals surface area contributed by atoms with Crippen LogP contribution in [0.15, 0.2) is 0 Å². The zero-order valence-corrected chi connectivity index (χ0v) is 52.3. The molecule has 0 aliphatic rings. The van der Waals surface area contributed by atoms with E-state index in [1.54, 1.807) is 0 Å². The van der Waals surface area contributed by atoms with Crippen LogP contribution in [0.25, 0.3) is 0 Å². The van der Waals surface area contributed by atoms with Gasteiger partial charge in [-0.25, -0.2) is 9.13 Å². The summed E-state index contributed by atoms with van der Waals surface area (Å²) in [7, 11) is -9.87. The highest BCUT2D eigenvalue weighted by molar-refractivity contribution is 7.47. The van der Waals surface area contributed by atoms with Crippen LogP contribution >= 0.6 is 15.6 Å². The predicted octanol–water partition coefficient (Wildman–Crippen LogP) is 16.2. The Hall–Kier alpha value is -1.94. The Morgan fingerprint density at radius 2 is 0.582 bits per heavy atom. The fraction of sp³-hybridized carbons (Fsp3) is 0.933. The SMILES string of the molecule is CCCCCCCCCCCCC(=O)OC[C@H](COP(=O)(O)OC[C@@H](O)COP(=O)(O)OC[C@@H](COC(=O)CCCCCCCCC(C)C)OC(=O)CCCCCCCCCCCC)OC(=O)CCCCCCCCCCCC. The van der Waals surface area contributed by atoms with Crippen molar-refractivity contribution in [2.75, 3.05) is 39.6 Å². The average molecular weight is 1170 g/mol. The number of phosphoric ester groups is 2. The zero-order chi connectivity index (χ0) is 58.5. The first-order valence-corrected chi connectivity index (χ1v) is 34.6. The van der Waals surface area contributed by atoms with Crippen molar-refractivity contribution in [2.45, 2.75) is 316 Å². The van der Waals surface area contributed by atoms with Gasteiger partial charge in [0.1, 0.15) is 19.3 Å². The number of aliphatic hydroxyl groups is 1. The summed E-state index contributed by atoms with van der Waals surface area (Å²) in [5.74, 6) is -1.46. The molecule has 0 rings (SSSR count). The third-order valence-electron chi connectivity index (χ3n) is 13.8. The summed E-state index contributed by atoms with van der Waals surface area (Å²) in [6.45, 7) is 7.05. The lowest BCUT2D eigenvalue weighted by molar-refractivity contribution is -0.161. The van der Waals surface area contributed by atoms with Crippen LogP contribution in [0.3, 0.4) is 0 Å². The lowest BCUT2D eigenvalue weighted by Gasteiger charge is -2.21. The van der Waals surface area contributed by atoms with Crippen LogP contribution in [-0.2, 0) is 65.4 Å². The number of hydrogen-bond acceptors (Lipinski definition) is 15. The second kappa shape index (κ2) is 54.0. The smallest absolute Gasteiger partial charge is 0.462 e. The van der Waals surface area contributed by atoms with E-state index in [2.05, 4.69) is 34.6 Å². The average Bonchev–Trinajstić information content (AvgIpc) is 3.41. The topological polar surface area (TPSA) is 237 Å². The van der Waals surface area contributed by atoms with E-state index in [0.717, 1.165) is 96.3 Å². The quantitative estimate of drug-likeness (QED) is 0.0222. The van der Waals surface area contributed by atoms with Crippen molar-refractivity contribution in [2.24, 2.45) is 5.92 Å². The molecule has 2 unspecified atom stereocenters. The Kier molecular flexibility index (Phi) is 52.7. The van der Waals surface area contributed by atoms with E-state index >= 15 is 0 Å². The van der Waals surface area contributed by atoms with E-state index in [0.29, 0.717) is 31.6 Å². The highest BCUT2D eigenvalue weighted by Crippen LogP contribution is 2.45. The summed E-state index contributed by atoms with van der Waals surface area (Å²) in [6, 6.07) is 0. The molecule has 0 amide bonds. The van der Waals surface area contributed by atoms with Crippen LogP contribution in [0.1, 0.15) is 298 Å². The van der Waals surface area contributed by atoms with Gasteiger partial charge in [0, 0.05) is 25.7 Å². The molecule has 79 heavy (non-hydrogen) atoms. The van der Waals surface area contributed by atoms with Crippen molar-refractivity contribution in [1.29, 1.82) is 0 Å². The van der Waals surface area contributed by atoms with Gasteiger partial charge in [0.05, 0.1) is 26.4 Å². The van der Waals surface area contributed by atoms with Crippen molar-refractivity contribution in [3.8, 4) is 0 Å². The van der Waals surface area contributed by atoms with Crippen molar-refractivity contribution < 1.29 is 80.2 Å². The molecule has 0 bridgehead atoms. The Bertz CT molecular complexity index is 1550. The van der Waals surface area contributed by atoms with Gasteiger partial charge < -0.3 is 33.8 Å². The molecule has 0 heterocycles. The molecular weight excluding hydrogens is 1050 g/mol. The van der Waals surface area contributed by atoms with Crippen molar-refractivity contribution in [3.63, 3.8) is 0 Å². The van der Waals surface area contributed by atoms with E-state index in [9.17, 15) is 43.2 Å². The van der Waals surface area contributed by atoms with Gasteiger partial charge >= 0.3 is 39.5 Å². The number of hydrogen-bond donors (Lipinski definition) is 3. The molecular formula is C60H116O17P2. The number of unbranched alkanes of at least 4 members (excludes halogenated alkanes) is 32. The molecule has 17 nitrogen and oxygen atoms in total. The highest BCUT2D eigenvalue weighted by Gasteiger charge is 2.30. The second-order valence-corrected chi connectivity index (χ2v) is 25.1. The number of phosphoric acid groups is 2. The Labute approximate surface area is 479 Å². The fourth-order valence-corrected chi connectivity index (χ4v) is 10.5. The maximum Gasteiger partial charge on any atom is 0.472 e. The van der Waals surface area contributed by atoms with Crippen LogP contribution in [-0.4, -0.2) is 96.7 Å². The molecule has 0 aromatic rings. The summed E-state index contributed by atoms with van der Waals surface area (Å²) in [5.41, 5.74) is 0. The van der Waals surface area contributed by atoms with E-state index in [4.69, 9.17) is 37.0 Å². The van der Waals surface area contributed by atoms with Crippen molar-refractivity contribution in [3.05, 3.63) is 0 Å². The molecule has 0 aromatic heterocycles. The molecule has 0 aliphatic heterocycles. The maximum absolute atomic E-state index is 12.9. The van der Waals surface area contributed by atoms with Gasteiger partial charge in [-0.05, 0) is 31.6 Å². The van der Waals surface area contributed by atoms with Gasteiger partial charge in [-0.1, -0.05) is 247 Å². The molecule has 0 saturated carbocycles. The summed E-state index contributed by atoms with van der Waals surface area (Å²) in [4.78, 5) is 71.9. The first kappa shape index (κ1) is 77.1. The Morgan fingerprint density at radius 3 is 0.861 bits per heavy atom. The number of carbonyl (C=O) groups is 4. The molecule has 0 radical (unpaired) electrons. The van der Waals surface area contributed by atoms with Crippen molar-refractivity contribution in [1.82, 2.24) is 0 Å². The minimum absolute atomic E-state index is 0.105. The normalized spacial score (nSPS) is 14.3. The molecule has 5 atom stereocenters. The zero-order valence-electron chi connectivity index (χ0n) is 50.5. The molecule has 468 valence electrons. The van der Waals surface area contributed by atoms with E-state index in [1.165, 1.54) is 116 Å². The molecule has 19 heteroatoms. The number of rotatable bonds is 60. The molecule has 0 saturated heterocycles. The van der Waals surface area contributed by atoms with Crippen LogP contribution in [0.5, 0.6) is 0 Å². The van der Waals surface area contributed by atoms with E-state index in [1.807, 2.05) is 0 Å². The molecule has 3 N–H and O–H groups in total. The maximum atomic E-state index is 12.9. The van der Waals surface area contributed by atoms with Gasteiger partial charge in [0.2, 0.25) is 0 Å². The monoisotopic (exact) mass is 1170 g/mol. The van der Waals surface area contributed by atoms with Crippen LogP contribution in [0.4, 0.5) is 0 Å². The van der Waals surface area contributed by atoms with Gasteiger partial charge in [0.15, 0.2) is 12.2 Å². The third-order valence-corrected chi connectivity index (χ3v) is 15.7. The highest BCUT2D eigenvalue weighted by atomic mass is 31.2. The second-order valence-electron chi connectivity index (χ2n) is 22.2. The summed E-state index contributed by atoms with van der Waals surface area (Å²) >= 11 is 0. The van der Waals surface area contributed by atoms with Crippen LogP contribution < -0.4 is 0 Å². The molecule has 0 spiro atoms. The Morgan fingerprint density at radius 1 is 0.342 bits per heavy atom. The lowest BCUT2D eigenvalue weighted by Crippen LogP contribution is -2.30. The van der Waals surface area contributed by atoms with Gasteiger partial charge in [-0.15, -0.1) is 0 Å². The summed E-state index contributed by atoms with van der Waals surface area (Å²) in [6.07, 6.45) is 36.2. The number of aliphatic hydroxyl groups excluding tert-OH is 1. The lowest BCUT2D eigenvalue weighted by atomic mass is 10.0. The number of esters is 4. The summed E-state index contributed by atoms with van der Waals surface area (Å²) < 4.78 is 67.7. The van der Waals surface area contributed by atoms with Gasteiger partial charge in [0.25, 0.3) is 0 Å². The number of ether oxygens (including phenoxy) is 4. The predicted molar refractivity (Wildman–Crippen MR) is 312 cm³/mol. The van der Waals surface area contributed by atoms with Gasteiger partial charge in [-0.3, -0.25) is 37.3 Å². The number of carbonyl (C=O) groups excluding carboxylic acids is 4. The van der Waals surface area contributed by atoms with Crippen molar-refractivity contribution >= 4 is 39.5 Å². The van der Waals surface area contributed by atoms with E-state index < -0.39 is 97.5 Å². The molecule has 0 aromatic carbocycles. The molecule has 0 aliphatic carbocycles. The molecule has 0 fully saturated rings. The fourth-order valence-electron chi connectivity index (χ4n) is 8.88. The Balaban J connectivity index is 5.23. The van der Waals surface area contributed by atoms with Crippen LogP contribution in [0, 0.1) is 5.92 Å². The van der Waals surface area contributed by atoms with Gasteiger partial charge in [-0.2, -0.15) is 0 Å².